The first-order valence-electron chi connectivity index (χ1n) is 12.7. The molecule has 1 saturated heterocycles. The van der Waals surface area contributed by atoms with Crippen LogP contribution in [0.25, 0.3) is 16.9 Å². The number of benzene rings is 3. The van der Waals surface area contributed by atoms with Crippen molar-refractivity contribution in [2.75, 3.05) is 46.9 Å². The molecule has 1 aliphatic rings. The predicted octanol–water partition coefficient (Wildman–Crippen LogP) is 4.27. The van der Waals surface area contributed by atoms with E-state index in [1.807, 2.05) is 83.5 Å². The molecular formula is C30H33N5O2. The van der Waals surface area contributed by atoms with Gasteiger partial charge in [0.25, 0.3) is 5.91 Å². The van der Waals surface area contributed by atoms with Gasteiger partial charge in [-0.2, -0.15) is 5.10 Å². The third-order valence-corrected chi connectivity index (χ3v) is 6.87. The molecule has 4 aromatic rings. The summed E-state index contributed by atoms with van der Waals surface area (Å²) in [6, 6.07) is 29.6. The van der Waals surface area contributed by atoms with E-state index in [2.05, 4.69) is 34.3 Å². The van der Waals surface area contributed by atoms with E-state index < -0.39 is 0 Å². The molecule has 5 rings (SSSR count). The van der Waals surface area contributed by atoms with Crippen molar-refractivity contribution in [1.82, 2.24) is 24.9 Å². The van der Waals surface area contributed by atoms with Crippen LogP contribution in [0.15, 0.2) is 91.0 Å². The second-order valence-corrected chi connectivity index (χ2v) is 9.43. The van der Waals surface area contributed by atoms with Crippen LogP contribution < -0.4 is 10.1 Å². The number of ether oxygens (including phenoxy) is 1. The Morgan fingerprint density at radius 1 is 0.919 bits per heavy atom. The fraction of sp³-hybridized carbons (Fsp3) is 0.267. The van der Waals surface area contributed by atoms with Crippen molar-refractivity contribution in [3.05, 3.63) is 102 Å². The summed E-state index contributed by atoms with van der Waals surface area (Å²) >= 11 is 0. The molecule has 190 valence electrons. The van der Waals surface area contributed by atoms with E-state index in [4.69, 9.17) is 9.84 Å². The molecule has 1 fully saturated rings. The van der Waals surface area contributed by atoms with Crippen LogP contribution in [0.3, 0.4) is 0 Å². The highest BCUT2D eigenvalue weighted by Crippen LogP contribution is 2.26. The van der Waals surface area contributed by atoms with Gasteiger partial charge in [0.1, 0.15) is 5.75 Å². The van der Waals surface area contributed by atoms with Gasteiger partial charge in [-0.15, -0.1) is 0 Å². The number of rotatable bonds is 8. The van der Waals surface area contributed by atoms with Gasteiger partial charge in [-0.25, -0.2) is 4.68 Å². The van der Waals surface area contributed by atoms with Crippen LogP contribution in [0, 0.1) is 0 Å². The molecule has 0 bridgehead atoms. The van der Waals surface area contributed by atoms with Gasteiger partial charge >= 0.3 is 0 Å². The summed E-state index contributed by atoms with van der Waals surface area (Å²) < 4.78 is 7.15. The normalized spacial score (nSPS) is 15.3. The van der Waals surface area contributed by atoms with Crippen LogP contribution in [0.2, 0.25) is 0 Å². The number of likely N-dealkylation sites (N-methyl/N-ethyl adjacent to an activating group) is 1. The van der Waals surface area contributed by atoms with Crippen molar-refractivity contribution in [3.8, 4) is 22.7 Å². The number of para-hydroxylation sites is 1. The molecule has 1 atom stereocenters. The van der Waals surface area contributed by atoms with Crippen LogP contribution in [0.4, 0.5) is 0 Å². The van der Waals surface area contributed by atoms with Crippen molar-refractivity contribution in [2.24, 2.45) is 0 Å². The third-order valence-electron chi connectivity index (χ3n) is 6.87. The van der Waals surface area contributed by atoms with E-state index in [9.17, 15) is 4.79 Å². The van der Waals surface area contributed by atoms with E-state index in [1.165, 1.54) is 0 Å². The highest BCUT2D eigenvalue weighted by atomic mass is 16.5. The van der Waals surface area contributed by atoms with Crippen molar-refractivity contribution < 1.29 is 9.53 Å². The van der Waals surface area contributed by atoms with Crippen molar-refractivity contribution in [2.45, 2.75) is 6.04 Å². The lowest BCUT2D eigenvalue weighted by Crippen LogP contribution is -2.47. The Morgan fingerprint density at radius 3 is 2.22 bits per heavy atom. The average molecular weight is 496 g/mol. The smallest absolute Gasteiger partial charge is 0.272 e. The second kappa shape index (κ2) is 11.4. The molecule has 2 heterocycles. The van der Waals surface area contributed by atoms with Gasteiger partial charge in [0.05, 0.1) is 24.5 Å². The molecule has 37 heavy (non-hydrogen) atoms. The molecule has 0 saturated carbocycles. The Morgan fingerprint density at radius 2 is 1.57 bits per heavy atom. The van der Waals surface area contributed by atoms with Gasteiger partial charge < -0.3 is 15.0 Å². The number of hydrogen-bond donors (Lipinski definition) is 1. The number of aromatic nitrogens is 2. The molecule has 7 heteroatoms. The lowest BCUT2D eigenvalue weighted by atomic mass is 10.1. The van der Waals surface area contributed by atoms with Crippen LogP contribution in [-0.4, -0.2) is 72.4 Å². The monoisotopic (exact) mass is 495 g/mol. The fourth-order valence-electron chi connectivity index (χ4n) is 4.67. The highest BCUT2D eigenvalue weighted by molar-refractivity contribution is 5.94. The molecule has 1 aliphatic heterocycles. The topological polar surface area (TPSA) is 62.6 Å². The SMILES string of the molecule is COc1ccc(-c2cc(C(=O)NC(CN3CCN(C)CC3)c3ccccc3)nn2-c2ccccc2)cc1. The number of nitrogens with one attached hydrogen (secondary N) is 1. The minimum atomic E-state index is -0.188. The van der Waals surface area contributed by atoms with Crippen LogP contribution >= 0.6 is 0 Å². The zero-order valence-electron chi connectivity index (χ0n) is 21.4. The summed E-state index contributed by atoms with van der Waals surface area (Å²) in [6.07, 6.45) is 0. The molecule has 1 amide bonds. The van der Waals surface area contributed by atoms with E-state index in [1.54, 1.807) is 7.11 Å². The zero-order chi connectivity index (χ0) is 25.6. The summed E-state index contributed by atoms with van der Waals surface area (Å²) in [4.78, 5) is 18.4. The zero-order valence-corrected chi connectivity index (χ0v) is 21.4. The summed E-state index contributed by atoms with van der Waals surface area (Å²) in [5.41, 5.74) is 4.16. The largest absolute Gasteiger partial charge is 0.497 e. The van der Waals surface area contributed by atoms with Gasteiger partial charge in [-0.05, 0) is 55.1 Å². The maximum atomic E-state index is 13.6. The van der Waals surface area contributed by atoms with Crippen LogP contribution in [0.1, 0.15) is 22.1 Å². The molecule has 1 aromatic heterocycles. The summed E-state index contributed by atoms with van der Waals surface area (Å²) in [5, 5.41) is 8.04. The Kier molecular flexibility index (Phi) is 7.63. The molecule has 0 aliphatic carbocycles. The first-order valence-corrected chi connectivity index (χ1v) is 12.7. The average Bonchev–Trinajstić information content (AvgIpc) is 3.41. The number of carbonyl (C=O) groups excluding carboxylic acids is 1. The summed E-state index contributed by atoms with van der Waals surface area (Å²) in [6.45, 7) is 4.79. The number of nitrogens with zero attached hydrogens (tertiary/aromatic N) is 4. The van der Waals surface area contributed by atoms with Crippen LogP contribution in [-0.2, 0) is 0 Å². The quantitative estimate of drug-likeness (QED) is 0.396. The lowest BCUT2D eigenvalue weighted by Gasteiger charge is -2.35. The van der Waals surface area contributed by atoms with Gasteiger partial charge in [0.2, 0.25) is 0 Å². The number of hydrogen-bond acceptors (Lipinski definition) is 5. The minimum Gasteiger partial charge on any atom is -0.497 e. The molecule has 1 N–H and O–H groups in total. The van der Waals surface area contributed by atoms with E-state index in [0.717, 1.165) is 61.0 Å². The summed E-state index contributed by atoms with van der Waals surface area (Å²) in [5.74, 6) is 0.592. The predicted molar refractivity (Wildman–Crippen MR) is 146 cm³/mol. The van der Waals surface area contributed by atoms with E-state index in [-0.39, 0.29) is 11.9 Å². The van der Waals surface area contributed by atoms with E-state index >= 15 is 0 Å². The van der Waals surface area contributed by atoms with Gasteiger partial charge in [0, 0.05) is 38.3 Å². The number of amides is 1. The Bertz CT molecular complexity index is 1300. The van der Waals surface area contributed by atoms with Crippen molar-refractivity contribution >= 4 is 5.91 Å². The molecule has 7 nitrogen and oxygen atoms in total. The van der Waals surface area contributed by atoms with Gasteiger partial charge in [-0.3, -0.25) is 9.69 Å². The Hall–Kier alpha value is -3.94. The van der Waals surface area contributed by atoms with Gasteiger partial charge in [0.15, 0.2) is 5.69 Å². The first-order chi connectivity index (χ1) is 18.1. The van der Waals surface area contributed by atoms with Crippen molar-refractivity contribution in [1.29, 1.82) is 0 Å². The minimum absolute atomic E-state index is 0.136. The lowest BCUT2D eigenvalue weighted by molar-refractivity contribution is 0.0902. The third kappa shape index (κ3) is 5.90. The highest BCUT2D eigenvalue weighted by Gasteiger charge is 2.24. The standard InChI is InChI=1S/C30H33N5O2/c1-33-17-19-34(20-18-33)22-28(23-9-5-3-6-10-23)31-30(36)27-21-29(24-13-15-26(37-2)16-14-24)35(32-27)25-11-7-4-8-12-25/h3-16,21,28H,17-20,22H2,1-2H3,(H,31,36). The number of methoxy groups -OCH3 is 1. The Balaban J connectivity index is 1.44. The molecule has 1 unspecified atom stereocenters. The fourth-order valence-corrected chi connectivity index (χ4v) is 4.67. The maximum Gasteiger partial charge on any atom is 0.272 e. The van der Waals surface area contributed by atoms with Crippen LogP contribution in [0.5, 0.6) is 5.75 Å². The number of piperazine rings is 1. The van der Waals surface area contributed by atoms with E-state index in [0.29, 0.717) is 5.69 Å². The Labute approximate surface area is 218 Å². The molecule has 0 radical (unpaired) electrons. The second-order valence-electron chi connectivity index (χ2n) is 9.43. The molecule has 0 spiro atoms. The van der Waals surface area contributed by atoms with Gasteiger partial charge in [-0.1, -0.05) is 48.5 Å². The molecular weight excluding hydrogens is 462 g/mol. The first kappa shape index (κ1) is 24.7. The molecule has 3 aromatic carbocycles. The number of carbonyl (C=O) groups is 1. The maximum absolute atomic E-state index is 13.6. The summed E-state index contributed by atoms with van der Waals surface area (Å²) in [7, 11) is 3.80. The van der Waals surface area contributed by atoms with Crippen molar-refractivity contribution in [3.63, 3.8) is 0 Å².